The van der Waals surface area contributed by atoms with Crippen molar-refractivity contribution in [2.75, 3.05) is 12.0 Å². The molecule has 0 saturated heterocycles. The molecule has 0 spiro atoms. The van der Waals surface area contributed by atoms with Gasteiger partial charge < -0.3 is 5.32 Å². The van der Waals surface area contributed by atoms with Crippen LogP contribution in [0.5, 0.6) is 0 Å². The standard InChI is InChI=1S/C13H18BrNO2S/c1-10(7-8-18(2)17)15-13(16)12-5-3-11(9-14)4-6-12/h3-6,10H,7-9H2,1-2H3,(H,15,16). The number of alkyl halides is 1. The molecule has 2 unspecified atom stereocenters. The van der Waals surface area contributed by atoms with Crippen molar-refractivity contribution in [1.29, 1.82) is 0 Å². The fourth-order valence-electron chi connectivity index (χ4n) is 1.47. The highest BCUT2D eigenvalue weighted by atomic mass is 79.9. The molecule has 5 heteroatoms. The van der Waals surface area contributed by atoms with E-state index in [4.69, 9.17) is 0 Å². The fourth-order valence-corrected chi connectivity index (χ4v) is 2.53. The Bertz CT molecular complexity index is 420. The van der Waals surface area contributed by atoms with Crippen LogP contribution >= 0.6 is 15.9 Å². The molecule has 0 aliphatic carbocycles. The van der Waals surface area contributed by atoms with Gasteiger partial charge in [-0.2, -0.15) is 0 Å². The van der Waals surface area contributed by atoms with E-state index in [0.717, 1.165) is 17.3 Å². The van der Waals surface area contributed by atoms with Crippen LogP contribution in [0, 0.1) is 0 Å². The highest BCUT2D eigenvalue weighted by Crippen LogP contribution is 2.08. The zero-order valence-corrected chi connectivity index (χ0v) is 13.0. The van der Waals surface area contributed by atoms with Gasteiger partial charge in [-0.05, 0) is 31.0 Å². The van der Waals surface area contributed by atoms with Crippen molar-refractivity contribution in [3.05, 3.63) is 35.4 Å². The van der Waals surface area contributed by atoms with Gasteiger partial charge in [-0.3, -0.25) is 9.00 Å². The van der Waals surface area contributed by atoms with E-state index in [1.54, 1.807) is 6.26 Å². The van der Waals surface area contributed by atoms with Gasteiger partial charge in [0.2, 0.25) is 0 Å². The third-order valence-corrected chi connectivity index (χ3v) is 4.04. The Balaban J connectivity index is 2.50. The highest BCUT2D eigenvalue weighted by molar-refractivity contribution is 9.08. The molecule has 0 heterocycles. The van der Waals surface area contributed by atoms with Gasteiger partial charge in [-0.25, -0.2) is 0 Å². The molecule has 0 aliphatic heterocycles. The third-order valence-electron chi connectivity index (χ3n) is 2.59. The Hall–Kier alpha value is -0.680. The maximum absolute atomic E-state index is 11.9. The van der Waals surface area contributed by atoms with E-state index in [2.05, 4.69) is 21.2 Å². The van der Waals surface area contributed by atoms with Crippen LogP contribution in [0.2, 0.25) is 0 Å². The van der Waals surface area contributed by atoms with Crippen LogP contribution in [0.15, 0.2) is 24.3 Å². The molecule has 100 valence electrons. The van der Waals surface area contributed by atoms with Crippen LogP contribution in [-0.4, -0.2) is 28.2 Å². The van der Waals surface area contributed by atoms with Crippen molar-refractivity contribution in [3.63, 3.8) is 0 Å². The number of hydrogen-bond donors (Lipinski definition) is 1. The molecular formula is C13H18BrNO2S. The Morgan fingerprint density at radius 1 is 1.39 bits per heavy atom. The summed E-state index contributed by atoms with van der Waals surface area (Å²) >= 11 is 3.36. The topological polar surface area (TPSA) is 46.2 Å². The molecule has 0 aliphatic rings. The van der Waals surface area contributed by atoms with Crippen LogP contribution in [0.25, 0.3) is 0 Å². The van der Waals surface area contributed by atoms with Gasteiger partial charge in [0.05, 0.1) is 0 Å². The van der Waals surface area contributed by atoms with E-state index in [-0.39, 0.29) is 11.9 Å². The molecule has 3 nitrogen and oxygen atoms in total. The van der Waals surface area contributed by atoms with Gasteiger partial charge >= 0.3 is 0 Å². The van der Waals surface area contributed by atoms with Gasteiger partial charge in [0.15, 0.2) is 0 Å². The second-order valence-electron chi connectivity index (χ2n) is 4.27. The molecule has 2 atom stereocenters. The summed E-state index contributed by atoms with van der Waals surface area (Å²) in [4.78, 5) is 11.9. The summed E-state index contributed by atoms with van der Waals surface area (Å²) in [6.07, 6.45) is 2.40. The minimum Gasteiger partial charge on any atom is -0.350 e. The van der Waals surface area contributed by atoms with Gasteiger partial charge in [-0.15, -0.1) is 0 Å². The predicted molar refractivity (Wildman–Crippen MR) is 79.6 cm³/mol. The molecule has 0 aromatic heterocycles. The van der Waals surface area contributed by atoms with Crippen LogP contribution in [0.3, 0.4) is 0 Å². The number of hydrogen-bond acceptors (Lipinski definition) is 2. The average Bonchev–Trinajstić information content (AvgIpc) is 2.36. The minimum atomic E-state index is -0.806. The van der Waals surface area contributed by atoms with Gasteiger partial charge in [0, 0.05) is 39.7 Å². The van der Waals surface area contributed by atoms with Crippen molar-refractivity contribution >= 4 is 32.6 Å². The zero-order chi connectivity index (χ0) is 13.5. The van der Waals surface area contributed by atoms with Crippen LogP contribution < -0.4 is 5.32 Å². The van der Waals surface area contributed by atoms with Crippen molar-refractivity contribution in [1.82, 2.24) is 5.32 Å². The first-order chi connectivity index (χ1) is 8.52. The van der Waals surface area contributed by atoms with E-state index in [9.17, 15) is 9.00 Å². The summed E-state index contributed by atoms with van der Waals surface area (Å²) in [5.41, 5.74) is 1.80. The number of benzene rings is 1. The van der Waals surface area contributed by atoms with Crippen LogP contribution in [-0.2, 0) is 16.1 Å². The molecular weight excluding hydrogens is 314 g/mol. The third kappa shape index (κ3) is 5.31. The first-order valence-corrected chi connectivity index (χ1v) is 8.63. The Kier molecular flexibility index (Phi) is 6.57. The minimum absolute atomic E-state index is 0.0391. The lowest BCUT2D eigenvalue weighted by molar-refractivity contribution is 0.0939. The second-order valence-corrected chi connectivity index (χ2v) is 6.39. The Morgan fingerprint density at radius 2 is 2.00 bits per heavy atom. The molecule has 0 saturated carbocycles. The van der Waals surface area contributed by atoms with E-state index in [1.807, 2.05) is 31.2 Å². The monoisotopic (exact) mass is 331 g/mol. The zero-order valence-electron chi connectivity index (χ0n) is 10.6. The molecule has 0 fully saturated rings. The van der Waals surface area contributed by atoms with Crippen molar-refractivity contribution < 1.29 is 9.00 Å². The highest BCUT2D eigenvalue weighted by Gasteiger charge is 2.09. The smallest absolute Gasteiger partial charge is 0.251 e. The van der Waals surface area contributed by atoms with Crippen LogP contribution in [0.1, 0.15) is 29.3 Å². The Labute approximate surface area is 119 Å². The first kappa shape index (κ1) is 15.4. The lowest BCUT2D eigenvalue weighted by Gasteiger charge is -2.13. The summed E-state index contributed by atoms with van der Waals surface area (Å²) < 4.78 is 11.0. The quantitative estimate of drug-likeness (QED) is 0.814. The Morgan fingerprint density at radius 3 is 2.50 bits per heavy atom. The number of amides is 1. The van der Waals surface area contributed by atoms with Crippen molar-refractivity contribution in [2.45, 2.75) is 24.7 Å². The number of carbonyl (C=O) groups is 1. The van der Waals surface area contributed by atoms with Gasteiger partial charge in [0.25, 0.3) is 5.91 Å². The van der Waals surface area contributed by atoms with Crippen molar-refractivity contribution in [3.8, 4) is 0 Å². The van der Waals surface area contributed by atoms with E-state index in [1.165, 1.54) is 0 Å². The van der Waals surface area contributed by atoms with Crippen molar-refractivity contribution in [2.24, 2.45) is 0 Å². The first-order valence-electron chi connectivity index (χ1n) is 5.78. The summed E-state index contributed by atoms with van der Waals surface area (Å²) in [6.45, 7) is 1.93. The molecule has 1 aromatic rings. The normalized spacial score (nSPS) is 13.9. The molecule has 1 amide bonds. The summed E-state index contributed by atoms with van der Waals surface area (Å²) in [7, 11) is -0.806. The number of halogens is 1. The van der Waals surface area contributed by atoms with Gasteiger partial charge in [-0.1, -0.05) is 28.1 Å². The summed E-state index contributed by atoms with van der Waals surface area (Å²) in [5.74, 6) is 0.537. The molecule has 18 heavy (non-hydrogen) atoms. The molecule has 0 radical (unpaired) electrons. The largest absolute Gasteiger partial charge is 0.350 e. The summed E-state index contributed by atoms with van der Waals surface area (Å²) in [5, 5.41) is 3.69. The molecule has 1 aromatic carbocycles. The maximum Gasteiger partial charge on any atom is 0.251 e. The molecule has 1 N–H and O–H groups in total. The molecule has 0 bridgehead atoms. The van der Waals surface area contributed by atoms with Crippen LogP contribution in [0.4, 0.5) is 0 Å². The second kappa shape index (κ2) is 7.69. The van der Waals surface area contributed by atoms with Gasteiger partial charge in [0.1, 0.15) is 0 Å². The molecule has 1 rings (SSSR count). The number of nitrogens with one attached hydrogen (secondary N) is 1. The average molecular weight is 332 g/mol. The lowest BCUT2D eigenvalue weighted by Crippen LogP contribution is -2.33. The lowest BCUT2D eigenvalue weighted by atomic mass is 10.1. The predicted octanol–water partition coefficient (Wildman–Crippen LogP) is 2.47. The van der Waals surface area contributed by atoms with E-state index >= 15 is 0 Å². The number of rotatable bonds is 6. The van der Waals surface area contributed by atoms with E-state index < -0.39 is 10.8 Å². The fraction of sp³-hybridized carbons (Fsp3) is 0.462. The maximum atomic E-state index is 11.9. The number of carbonyl (C=O) groups excluding carboxylic acids is 1. The SMILES string of the molecule is CC(CCS(C)=O)NC(=O)c1ccc(CBr)cc1. The van der Waals surface area contributed by atoms with E-state index in [0.29, 0.717) is 11.3 Å². The summed E-state index contributed by atoms with van der Waals surface area (Å²) in [6, 6.07) is 7.52.